The van der Waals surface area contributed by atoms with Crippen LogP contribution in [0, 0.1) is 27.7 Å². The summed E-state index contributed by atoms with van der Waals surface area (Å²) in [5.41, 5.74) is 22.1. The van der Waals surface area contributed by atoms with Gasteiger partial charge in [-0.2, -0.15) is 0 Å². The van der Waals surface area contributed by atoms with Crippen molar-refractivity contribution in [2.24, 2.45) is 0 Å². The van der Waals surface area contributed by atoms with Gasteiger partial charge >= 0.3 is 0 Å². The van der Waals surface area contributed by atoms with Crippen LogP contribution in [-0.4, -0.2) is 4.57 Å². The van der Waals surface area contributed by atoms with E-state index in [1.165, 1.54) is 101 Å². The van der Waals surface area contributed by atoms with Crippen molar-refractivity contribution in [1.29, 1.82) is 0 Å². The van der Waals surface area contributed by atoms with Crippen molar-refractivity contribution in [3.8, 4) is 27.9 Å². The van der Waals surface area contributed by atoms with Gasteiger partial charge in [0.05, 0.1) is 16.7 Å². The summed E-state index contributed by atoms with van der Waals surface area (Å²) in [4.78, 5) is 0. The molecule has 2 aliphatic rings. The van der Waals surface area contributed by atoms with E-state index >= 15 is 0 Å². The summed E-state index contributed by atoms with van der Waals surface area (Å²) in [7, 11) is 0. The van der Waals surface area contributed by atoms with Crippen LogP contribution in [0.25, 0.3) is 61.9 Å². The Labute approximate surface area is 383 Å². The molecule has 0 fully saturated rings. The number of nitrogens with zero attached hydrogens (tertiary/aromatic N) is 1. The first kappa shape index (κ1) is 45.3. The topological polar surface area (TPSA) is 4.93 Å². The maximum atomic E-state index is 4.25. The van der Waals surface area contributed by atoms with Crippen molar-refractivity contribution in [3.05, 3.63) is 233 Å². The lowest BCUT2D eigenvalue weighted by atomic mass is 9.81. The largest absolute Gasteiger partial charge is 0.309 e. The Hall–Kier alpha value is -6.70. The highest BCUT2D eigenvalue weighted by Gasteiger charge is 2.38. The zero-order chi connectivity index (χ0) is 45.5. The molecule has 0 atom stereocenters. The van der Waals surface area contributed by atoms with Crippen LogP contribution in [0.15, 0.2) is 183 Å². The molecular formula is C63H65N. The number of benzene rings is 7. The number of para-hydroxylation sites is 2. The minimum Gasteiger partial charge on any atom is -0.309 e. The number of rotatable bonds is 5. The van der Waals surface area contributed by atoms with Gasteiger partial charge in [-0.05, 0) is 127 Å². The second-order valence-electron chi connectivity index (χ2n) is 18.2. The number of aromatic nitrogens is 1. The van der Waals surface area contributed by atoms with Gasteiger partial charge in [0.15, 0.2) is 0 Å². The van der Waals surface area contributed by atoms with Crippen LogP contribution in [0.4, 0.5) is 0 Å². The Bertz CT molecular complexity index is 2960. The van der Waals surface area contributed by atoms with Crippen molar-refractivity contribution < 1.29 is 0 Å². The van der Waals surface area contributed by atoms with E-state index in [0.29, 0.717) is 5.92 Å². The van der Waals surface area contributed by atoms with Crippen molar-refractivity contribution in [3.63, 3.8) is 0 Å². The number of fused-ring (bicyclic) bond motifs is 6. The first-order valence-electron chi connectivity index (χ1n) is 22.9. The van der Waals surface area contributed by atoms with Crippen LogP contribution >= 0.6 is 0 Å². The van der Waals surface area contributed by atoms with E-state index < -0.39 is 0 Å². The molecule has 7 aromatic carbocycles. The average Bonchev–Trinajstić information content (AvgIpc) is 3.74. The first-order valence-corrected chi connectivity index (χ1v) is 22.9. The smallest absolute Gasteiger partial charge is 0.0543 e. The van der Waals surface area contributed by atoms with Crippen molar-refractivity contribution in [2.75, 3.05) is 0 Å². The lowest BCUT2D eigenvalue weighted by Crippen LogP contribution is -2.16. The third kappa shape index (κ3) is 9.18. The molecule has 0 saturated heterocycles. The molecule has 2 aliphatic carbocycles. The van der Waals surface area contributed by atoms with Gasteiger partial charge in [-0.3, -0.25) is 0 Å². The highest BCUT2D eigenvalue weighted by Crippen LogP contribution is 2.53. The van der Waals surface area contributed by atoms with E-state index in [1.807, 2.05) is 30.4 Å². The molecular weight excluding hydrogens is 771 g/mol. The number of allylic oxidation sites excluding steroid dienone is 4. The van der Waals surface area contributed by atoms with Gasteiger partial charge in [-0.25, -0.2) is 0 Å². The summed E-state index contributed by atoms with van der Waals surface area (Å²) in [6.07, 6.45) is 13.1. The van der Waals surface area contributed by atoms with E-state index in [2.05, 4.69) is 226 Å². The Kier molecular flexibility index (Phi) is 14.0. The van der Waals surface area contributed by atoms with Gasteiger partial charge in [0.25, 0.3) is 0 Å². The molecule has 0 radical (unpaired) electrons. The summed E-state index contributed by atoms with van der Waals surface area (Å²) in [5.74, 6) is 0.561. The zero-order valence-electron chi connectivity index (χ0n) is 39.6. The highest BCUT2D eigenvalue weighted by atomic mass is 15.0. The predicted molar refractivity (Wildman–Crippen MR) is 282 cm³/mol. The van der Waals surface area contributed by atoms with Gasteiger partial charge in [-0.15, -0.1) is 0 Å². The van der Waals surface area contributed by atoms with E-state index in [0.717, 1.165) is 16.8 Å². The second-order valence-corrected chi connectivity index (χ2v) is 18.2. The normalized spacial score (nSPS) is 13.1. The van der Waals surface area contributed by atoms with E-state index in [1.54, 1.807) is 0 Å². The Morgan fingerprint density at radius 2 is 1.14 bits per heavy atom. The van der Waals surface area contributed by atoms with Gasteiger partial charge in [-0.1, -0.05) is 215 Å². The fourth-order valence-electron chi connectivity index (χ4n) is 9.66. The van der Waals surface area contributed by atoms with Crippen LogP contribution in [0.5, 0.6) is 0 Å². The third-order valence-corrected chi connectivity index (χ3v) is 12.9. The minimum atomic E-state index is -0.0956. The van der Waals surface area contributed by atoms with Crippen LogP contribution in [0.1, 0.15) is 103 Å². The summed E-state index contributed by atoms with van der Waals surface area (Å²) in [6, 6.07) is 52.1. The molecule has 1 nitrogen and oxygen atoms in total. The standard InChI is InChI=1S/C32H27N.C17H20.C7H10.C7H8/c1-6-21-22(7-2)31-25-17-16-20(3)18-26(25)32(4,5)27(31)19-30(21)33-28-14-10-8-12-23(28)24-13-9-11-15-29(24)33;1-12(2)17-14(4)9-7-11-16(17)15-10-6-5-8-13(15)3;2*1-7-5-3-2-4-6-7/h6-19H,1-2H2,3-5H3;5-12H,1-4H3;3,5-6H,2,4H2,1H3;2-6H,1H3. The molecule has 0 amide bonds. The highest BCUT2D eigenvalue weighted by molar-refractivity contribution is 6.10. The summed E-state index contributed by atoms with van der Waals surface area (Å²) in [6.45, 7) is 28.5. The molecule has 64 heavy (non-hydrogen) atoms. The molecule has 0 saturated carbocycles. The molecule has 0 aliphatic heterocycles. The third-order valence-electron chi connectivity index (χ3n) is 12.9. The van der Waals surface area contributed by atoms with E-state index in [4.69, 9.17) is 0 Å². The maximum absolute atomic E-state index is 4.25. The van der Waals surface area contributed by atoms with Crippen molar-refractivity contribution in [2.45, 2.75) is 86.5 Å². The van der Waals surface area contributed by atoms with Crippen LogP contribution in [-0.2, 0) is 5.41 Å². The Morgan fingerprint density at radius 3 is 1.69 bits per heavy atom. The number of hydrogen-bond acceptors (Lipinski definition) is 0. The Balaban J connectivity index is 0.000000162. The minimum absolute atomic E-state index is 0.0956. The first-order chi connectivity index (χ1) is 30.9. The summed E-state index contributed by atoms with van der Waals surface area (Å²) >= 11 is 0. The van der Waals surface area contributed by atoms with Crippen LogP contribution < -0.4 is 0 Å². The zero-order valence-corrected chi connectivity index (χ0v) is 39.6. The van der Waals surface area contributed by atoms with Crippen molar-refractivity contribution >= 4 is 34.0 Å². The molecule has 322 valence electrons. The molecule has 0 N–H and O–H groups in total. The van der Waals surface area contributed by atoms with Gasteiger partial charge < -0.3 is 4.57 Å². The fraction of sp³-hybridized carbons (Fsp3) is 0.206. The monoisotopic (exact) mass is 836 g/mol. The van der Waals surface area contributed by atoms with Crippen molar-refractivity contribution in [1.82, 2.24) is 4.57 Å². The lowest BCUT2D eigenvalue weighted by Gasteiger charge is -2.24. The maximum Gasteiger partial charge on any atom is 0.0543 e. The molecule has 0 unspecified atom stereocenters. The lowest BCUT2D eigenvalue weighted by molar-refractivity contribution is 0.659. The molecule has 0 bridgehead atoms. The van der Waals surface area contributed by atoms with E-state index in [-0.39, 0.29) is 5.41 Å². The molecule has 0 spiro atoms. The number of hydrogen-bond donors (Lipinski definition) is 0. The molecule has 1 heterocycles. The van der Waals surface area contributed by atoms with Gasteiger partial charge in [0.1, 0.15) is 0 Å². The Morgan fingerprint density at radius 1 is 0.547 bits per heavy atom. The quantitative estimate of drug-likeness (QED) is 0.163. The summed E-state index contributed by atoms with van der Waals surface area (Å²) < 4.78 is 2.40. The molecule has 1 heteroatoms. The van der Waals surface area contributed by atoms with Crippen LogP contribution in [0.2, 0.25) is 0 Å². The van der Waals surface area contributed by atoms with Gasteiger partial charge in [0.2, 0.25) is 0 Å². The molecule has 10 rings (SSSR count). The second kappa shape index (κ2) is 19.8. The average molecular weight is 836 g/mol. The predicted octanol–water partition coefficient (Wildman–Crippen LogP) is 18.1. The fourth-order valence-corrected chi connectivity index (χ4v) is 9.66. The molecule has 1 aromatic heterocycles. The van der Waals surface area contributed by atoms with Gasteiger partial charge in [0, 0.05) is 21.8 Å². The molecule has 8 aromatic rings. The number of aryl methyl sites for hydroxylation is 4. The van der Waals surface area contributed by atoms with E-state index in [9.17, 15) is 0 Å². The SMILES string of the molecule is C=Cc1c(-n2c3ccccc3c3ccccc32)cc2c(c1C=C)-c1ccc(C)cc1C2(C)C.CC1=CCCC=C1.Cc1ccccc1.Cc1ccccc1-c1cccc(C)c1C(C)C. The van der Waals surface area contributed by atoms with Crippen LogP contribution in [0.3, 0.4) is 0 Å². The summed E-state index contributed by atoms with van der Waals surface area (Å²) in [5, 5.41) is 2.53.